The van der Waals surface area contributed by atoms with Crippen molar-refractivity contribution in [3.63, 3.8) is 0 Å². The highest BCUT2D eigenvalue weighted by Gasteiger charge is 2.08. The van der Waals surface area contributed by atoms with Crippen LogP contribution in [0.4, 0.5) is 17.1 Å². The topological polar surface area (TPSA) is 60.2 Å². The second-order valence-corrected chi connectivity index (χ2v) is 4.90. The number of ether oxygens (including phenoxy) is 1. The van der Waals surface area contributed by atoms with Gasteiger partial charge in [-0.1, -0.05) is 12.1 Å². The molecule has 4 heteroatoms. The van der Waals surface area contributed by atoms with Crippen molar-refractivity contribution in [2.45, 2.75) is 6.92 Å². The fraction of sp³-hybridized carbons (Fsp3) is 0.118. The van der Waals surface area contributed by atoms with Gasteiger partial charge in [0.05, 0.1) is 12.8 Å². The van der Waals surface area contributed by atoms with Crippen molar-refractivity contribution in [2.24, 2.45) is 0 Å². The van der Waals surface area contributed by atoms with Crippen LogP contribution in [0.25, 0.3) is 10.8 Å². The van der Waals surface area contributed by atoms with E-state index in [4.69, 9.17) is 10.5 Å². The lowest BCUT2D eigenvalue weighted by Gasteiger charge is -2.14. The minimum absolute atomic E-state index is 0.725. The van der Waals surface area contributed by atoms with E-state index in [-0.39, 0.29) is 0 Å². The van der Waals surface area contributed by atoms with Crippen molar-refractivity contribution in [3.05, 3.63) is 54.4 Å². The van der Waals surface area contributed by atoms with Crippen LogP contribution < -0.4 is 15.8 Å². The van der Waals surface area contributed by atoms with Gasteiger partial charge in [-0.3, -0.25) is 4.98 Å². The molecule has 2 aromatic carbocycles. The highest BCUT2D eigenvalue weighted by molar-refractivity contribution is 6.02. The van der Waals surface area contributed by atoms with Crippen LogP contribution >= 0.6 is 0 Å². The van der Waals surface area contributed by atoms with Crippen LogP contribution in [0, 0.1) is 6.92 Å². The first kappa shape index (κ1) is 13.2. The van der Waals surface area contributed by atoms with Gasteiger partial charge in [-0.15, -0.1) is 0 Å². The molecular formula is C17H17N3O. The van der Waals surface area contributed by atoms with Gasteiger partial charge in [-0.25, -0.2) is 0 Å². The van der Waals surface area contributed by atoms with Crippen molar-refractivity contribution in [3.8, 4) is 5.75 Å². The molecule has 0 atom stereocenters. The van der Waals surface area contributed by atoms with Crippen LogP contribution in [0.15, 0.2) is 48.7 Å². The first-order valence-corrected chi connectivity index (χ1v) is 6.74. The molecule has 3 N–H and O–H groups in total. The van der Waals surface area contributed by atoms with E-state index in [1.165, 1.54) is 0 Å². The molecule has 0 spiro atoms. The minimum atomic E-state index is 0.725. The zero-order chi connectivity index (χ0) is 14.8. The highest BCUT2D eigenvalue weighted by atomic mass is 16.5. The predicted molar refractivity (Wildman–Crippen MR) is 87.2 cm³/mol. The zero-order valence-corrected chi connectivity index (χ0v) is 12.1. The summed E-state index contributed by atoms with van der Waals surface area (Å²) < 4.78 is 5.38. The van der Waals surface area contributed by atoms with Gasteiger partial charge in [-0.2, -0.15) is 0 Å². The third kappa shape index (κ3) is 2.48. The number of hydrogen-bond acceptors (Lipinski definition) is 4. The summed E-state index contributed by atoms with van der Waals surface area (Å²) in [6, 6.07) is 13.7. The van der Waals surface area contributed by atoms with Gasteiger partial charge in [0.25, 0.3) is 0 Å². The third-order valence-corrected chi connectivity index (χ3v) is 3.45. The van der Waals surface area contributed by atoms with Crippen molar-refractivity contribution < 1.29 is 4.74 Å². The van der Waals surface area contributed by atoms with Crippen LogP contribution in [0.3, 0.4) is 0 Å². The van der Waals surface area contributed by atoms with Crippen molar-refractivity contribution in [1.29, 1.82) is 0 Å². The van der Waals surface area contributed by atoms with Gasteiger partial charge in [0.15, 0.2) is 0 Å². The molecule has 0 bridgehead atoms. The van der Waals surface area contributed by atoms with Gasteiger partial charge < -0.3 is 15.8 Å². The average Bonchev–Trinajstić information content (AvgIpc) is 2.50. The van der Waals surface area contributed by atoms with E-state index in [0.717, 1.165) is 39.3 Å². The Morgan fingerprint density at radius 2 is 1.86 bits per heavy atom. The number of benzene rings is 2. The number of nitrogens with two attached hydrogens (primary N) is 1. The molecule has 0 saturated heterocycles. The molecule has 0 saturated carbocycles. The predicted octanol–water partition coefficient (Wildman–Crippen LogP) is 3.88. The Labute approximate surface area is 123 Å². The molecule has 3 rings (SSSR count). The maximum Gasteiger partial charge on any atom is 0.142 e. The van der Waals surface area contributed by atoms with Crippen LogP contribution in [0.5, 0.6) is 5.75 Å². The van der Waals surface area contributed by atoms with E-state index < -0.39 is 0 Å². The molecule has 1 aromatic heterocycles. The third-order valence-electron chi connectivity index (χ3n) is 3.45. The number of para-hydroxylation sites is 2. The summed E-state index contributed by atoms with van der Waals surface area (Å²) in [5.41, 5.74) is 9.61. The van der Waals surface area contributed by atoms with Crippen LogP contribution in [-0.2, 0) is 0 Å². The molecule has 4 nitrogen and oxygen atoms in total. The Kier molecular flexibility index (Phi) is 3.36. The lowest BCUT2D eigenvalue weighted by molar-refractivity contribution is 0.417. The van der Waals surface area contributed by atoms with E-state index in [9.17, 15) is 0 Å². The molecule has 0 radical (unpaired) electrons. The largest absolute Gasteiger partial charge is 0.495 e. The molecule has 106 valence electrons. The number of nitrogens with one attached hydrogen (secondary N) is 1. The number of rotatable bonds is 3. The lowest BCUT2D eigenvalue weighted by atomic mass is 10.1. The second-order valence-electron chi connectivity index (χ2n) is 4.90. The normalized spacial score (nSPS) is 10.6. The van der Waals surface area contributed by atoms with Gasteiger partial charge in [-0.05, 0) is 37.3 Å². The lowest BCUT2D eigenvalue weighted by Crippen LogP contribution is -1.97. The van der Waals surface area contributed by atoms with E-state index in [1.54, 1.807) is 7.11 Å². The van der Waals surface area contributed by atoms with Crippen molar-refractivity contribution >= 4 is 27.8 Å². The zero-order valence-electron chi connectivity index (χ0n) is 12.1. The van der Waals surface area contributed by atoms with E-state index in [2.05, 4.69) is 10.3 Å². The Hall–Kier alpha value is -2.75. The summed E-state index contributed by atoms with van der Waals surface area (Å²) in [6.07, 6.45) is 1.81. The number of hydrogen-bond donors (Lipinski definition) is 2. The van der Waals surface area contributed by atoms with Crippen LogP contribution in [-0.4, -0.2) is 12.1 Å². The number of anilines is 3. The van der Waals surface area contributed by atoms with Crippen LogP contribution in [0.2, 0.25) is 0 Å². The maximum atomic E-state index is 6.03. The van der Waals surface area contributed by atoms with Gasteiger partial charge in [0, 0.05) is 34.0 Å². The van der Waals surface area contributed by atoms with Gasteiger partial charge in [0.1, 0.15) is 5.75 Å². The second kappa shape index (κ2) is 5.32. The highest BCUT2D eigenvalue weighted by Crippen LogP contribution is 2.33. The fourth-order valence-electron chi connectivity index (χ4n) is 2.37. The monoisotopic (exact) mass is 279 g/mol. The van der Waals surface area contributed by atoms with Gasteiger partial charge in [0.2, 0.25) is 0 Å². The Morgan fingerprint density at radius 3 is 2.67 bits per heavy atom. The molecule has 0 aliphatic heterocycles. The molecule has 0 aliphatic rings. The van der Waals surface area contributed by atoms with E-state index in [0.29, 0.717) is 0 Å². The summed E-state index contributed by atoms with van der Waals surface area (Å²) in [5, 5.41) is 5.41. The summed E-state index contributed by atoms with van der Waals surface area (Å²) in [5.74, 6) is 0.799. The summed E-state index contributed by atoms with van der Waals surface area (Å²) in [4.78, 5) is 4.32. The standard InChI is InChI=1S/C17H17N3O/c1-11-9-12-13(10-19-11)14(18)7-8-15(12)20-16-5-3-4-6-17(16)21-2/h3-10,20H,18H2,1-2H3. The SMILES string of the molecule is COc1ccccc1Nc1ccc(N)c2cnc(C)cc12. The maximum absolute atomic E-state index is 6.03. The molecule has 0 unspecified atom stereocenters. The van der Waals surface area contributed by atoms with Crippen molar-refractivity contribution in [1.82, 2.24) is 4.98 Å². The average molecular weight is 279 g/mol. The first-order chi connectivity index (χ1) is 10.2. The molecular weight excluding hydrogens is 262 g/mol. The Balaban J connectivity index is 2.13. The fourth-order valence-corrected chi connectivity index (χ4v) is 2.37. The molecule has 0 amide bonds. The number of pyridine rings is 1. The summed E-state index contributed by atoms with van der Waals surface area (Å²) in [6.45, 7) is 1.97. The number of fused-ring (bicyclic) bond motifs is 1. The molecule has 21 heavy (non-hydrogen) atoms. The van der Waals surface area contributed by atoms with E-state index in [1.807, 2.05) is 55.6 Å². The van der Waals surface area contributed by atoms with Crippen molar-refractivity contribution in [2.75, 3.05) is 18.2 Å². The molecule has 0 aliphatic carbocycles. The minimum Gasteiger partial charge on any atom is -0.495 e. The molecule has 0 fully saturated rings. The molecule has 1 heterocycles. The number of nitrogens with zero attached hydrogens (tertiary/aromatic N) is 1. The number of aromatic nitrogens is 1. The van der Waals surface area contributed by atoms with E-state index >= 15 is 0 Å². The molecule has 3 aromatic rings. The van der Waals surface area contributed by atoms with Crippen LogP contribution in [0.1, 0.15) is 5.69 Å². The number of nitrogen functional groups attached to an aromatic ring is 1. The quantitative estimate of drug-likeness (QED) is 0.714. The number of aryl methyl sites for hydroxylation is 1. The summed E-state index contributed by atoms with van der Waals surface area (Å²) in [7, 11) is 1.66. The Morgan fingerprint density at radius 1 is 1.05 bits per heavy atom. The smallest absolute Gasteiger partial charge is 0.142 e. The number of methoxy groups -OCH3 is 1. The van der Waals surface area contributed by atoms with Gasteiger partial charge >= 0.3 is 0 Å². The summed E-state index contributed by atoms with van der Waals surface area (Å²) >= 11 is 0. The Bertz CT molecular complexity index is 799. The first-order valence-electron chi connectivity index (χ1n) is 6.74.